The molecule has 100 valence electrons. The van der Waals surface area contributed by atoms with Crippen LogP contribution in [0.15, 0.2) is 33.6 Å². The van der Waals surface area contributed by atoms with E-state index in [1.165, 1.54) is 23.1 Å². The van der Waals surface area contributed by atoms with Crippen molar-refractivity contribution < 1.29 is 9.90 Å². The molecular formula is C12H8N4O2S2. The maximum absolute atomic E-state index is 11.1. The maximum atomic E-state index is 11.1. The molecule has 0 saturated heterocycles. The van der Waals surface area contributed by atoms with Gasteiger partial charge < -0.3 is 5.11 Å². The predicted molar refractivity (Wildman–Crippen MR) is 75.3 cm³/mol. The lowest BCUT2D eigenvalue weighted by atomic mass is 10.2. The number of fused-ring (bicyclic) bond motifs is 1. The van der Waals surface area contributed by atoms with Crippen LogP contribution in [0.25, 0.3) is 10.9 Å². The number of para-hydroxylation sites is 1. The molecule has 3 rings (SSSR count). The van der Waals surface area contributed by atoms with Gasteiger partial charge in [0.1, 0.15) is 10.0 Å². The third-order valence-corrected chi connectivity index (χ3v) is 4.35. The summed E-state index contributed by atoms with van der Waals surface area (Å²) in [4.78, 5) is 19.2. The number of aromatic nitrogens is 4. The molecule has 0 bridgehead atoms. The smallest absolute Gasteiger partial charge is 0.373 e. The quantitative estimate of drug-likeness (QED) is 0.744. The summed E-state index contributed by atoms with van der Waals surface area (Å²) >= 11 is 2.74. The van der Waals surface area contributed by atoms with E-state index in [0.29, 0.717) is 10.5 Å². The number of rotatable bonds is 3. The number of hydrogen-bond donors (Lipinski definition) is 1. The molecule has 20 heavy (non-hydrogen) atoms. The summed E-state index contributed by atoms with van der Waals surface area (Å²) in [6.07, 6.45) is 0. The first kappa shape index (κ1) is 12.9. The zero-order valence-corrected chi connectivity index (χ0v) is 11.9. The second-order valence-corrected chi connectivity index (χ2v) is 6.28. The Balaban J connectivity index is 2.14. The van der Waals surface area contributed by atoms with Gasteiger partial charge in [0.25, 0.3) is 0 Å². The van der Waals surface area contributed by atoms with E-state index in [-0.39, 0.29) is 5.82 Å². The number of carbonyl (C=O) groups is 1. The van der Waals surface area contributed by atoms with E-state index >= 15 is 0 Å². The van der Waals surface area contributed by atoms with Crippen molar-refractivity contribution in [3.8, 4) is 0 Å². The molecule has 0 radical (unpaired) electrons. The van der Waals surface area contributed by atoms with E-state index in [1.807, 2.05) is 25.1 Å². The second-order valence-electron chi connectivity index (χ2n) is 3.86. The Hall–Kier alpha value is -2.06. The van der Waals surface area contributed by atoms with Crippen molar-refractivity contribution in [1.29, 1.82) is 0 Å². The van der Waals surface area contributed by atoms with E-state index in [2.05, 4.69) is 20.2 Å². The maximum Gasteiger partial charge on any atom is 0.373 e. The number of carboxylic acid groups (broad SMARTS) is 1. The molecule has 0 fully saturated rings. The van der Waals surface area contributed by atoms with Crippen LogP contribution in [-0.4, -0.2) is 31.2 Å². The van der Waals surface area contributed by atoms with Crippen molar-refractivity contribution >= 4 is 40.0 Å². The highest BCUT2D eigenvalue weighted by atomic mass is 32.2. The van der Waals surface area contributed by atoms with Crippen molar-refractivity contribution in [3.05, 3.63) is 35.1 Å². The van der Waals surface area contributed by atoms with Crippen LogP contribution in [0.5, 0.6) is 0 Å². The van der Waals surface area contributed by atoms with E-state index < -0.39 is 5.97 Å². The van der Waals surface area contributed by atoms with Gasteiger partial charge in [0.2, 0.25) is 5.82 Å². The average molecular weight is 304 g/mol. The van der Waals surface area contributed by atoms with Crippen LogP contribution in [0.3, 0.4) is 0 Å². The molecule has 0 unspecified atom stereocenters. The lowest BCUT2D eigenvalue weighted by Gasteiger charge is -2.04. The van der Waals surface area contributed by atoms with E-state index in [9.17, 15) is 4.79 Å². The molecule has 2 heterocycles. The highest BCUT2D eigenvalue weighted by Gasteiger charge is 2.15. The van der Waals surface area contributed by atoms with Crippen molar-refractivity contribution in [2.75, 3.05) is 0 Å². The van der Waals surface area contributed by atoms with Gasteiger partial charge in [0.05, 0.1) is 5.52 Å². The topological polar surface area (TPSA) is 88.9 Å². The Bertz CT molecular complexity index is 803. The Kier molecular flexibility index (Phi) is 3.33. The standard InChI is InChI=1S/C12H8N4O2S2/c1-6-15-16-12(19-6)20-10-7-4-2-3-5-8(7)13-9(14-10)11(17)18/h2-5H,1H3,(H,17,18). The minimum atomic E-state index is -1.15. The molecule has 0 aliphatic rings. The molecule has 0 aliphatic heterocycles. The Morgan fingerprint density at radius 2 is 2.05 bits per heavy atom. The minimum Gasteiger partial charge on any atom is -0.475 e. The first-order chi connectivity index (χ1) is 9.63. The monoisotopic (exact) mass is 304 g/mol. The Labute approximate surface area is 121 Å². The third kappa shape index (κ3) is 2.47. The van der Waals surface area contributed by atoms with Gasteiger partial charge in [0, 0.05) is 5.39 Å². The van der Waals surface area contributed by atoms with Crippen molar-refractivity contribution in [1.82, 2.24) is 20.2 Å². The van der Waals surface area contributed by atoms with Gasteiger partial charge in [-0.15, -0.1) is 10.2 Å². The van der Waals surface area contributed by atoms with Crippen molar-refractivity contribution in [3.63, 3.8) is 0 Å². The van der Waals surface area contributed by atoms with Crippen LogP contribution in [-0.2, 0) is 0 Å². The summed E-state index contributed by atoms with van der Waals surface area (Å²) in [5, 5.41) is 19.3. The average Bonchev–Trinajstić information content (AvgIpc) is 2.84. The van der Waals surface area contributed by atoms with Crippen LogP contribution in [0.1, 0.15) is 15.6 Å². The molecule has 6 nitrogen and oxygen atoms in total. The van der Waals surface area contributed by atoms with Gasteiger partial charge in [0.15, 0.2) is 4.34 Å². The third-order valence-electron chi connectivity index (χ3n) is 2.45. The summed E-state index contributed by atoms with van der Waals surface area (Å²) < 4.78 is 0.725. The first-order valence-corrected chi connectivity index (χ1v) is 7.25. The summed E-state index contributed by atoms with van der Waals surface area (Å²) in [7, 11) is 0. The molecule has 0 atom stereocenters. The lowest BCUT2D eigenvalue weighted by molar-refractivity contribution is 0.0683. The molecule has 3 aromatic rings. The minimum absolute atomic E-state index is 0.215. The van der Waals surface area contributed by atoms with Crippen LogP contribution in [0, 0.1) is 6.92 Å². The lowest BCUT2D eigenvalue weighted by Crippen LogP contribution is -2.05. The first-order valence-electron chi connectivity index (χ1n) is 5.61. The largest absolute Gasteiger partial charge is 0.475 e. The molecule has 0 amide bonds. The van der Waals surface area contributed by atoms with Gasteiger partial charge in [-0.2, -0.15) is 0 Å². The van der Waals surface area contributed by atoms with E-state index in [1.54, 1.807) is 6.07 Å². The van der Waals surface area contributed by atoms with Crippen LogP contribution in [0.4, 0.5) is 0 Å². The van der Waals surface area contributed by atoms with Crippen LogP contribution >= 0.6 is 23.1 Å². The highest BCUT2D eigenvalue weighted by molar-refractivity contribution is 8.01. The van der Waals surface area contributed by atoms with Crippen LogP contribution in [0.2, 0.25) is 0 Å². The summed E-state index contributed by atoms with van der Waals surface area (Å²) in [6, 6.07) is 7.29. The van der Waals surface area contributed by atoms with Crippen molar-refractivity contribution in [2.45, 2.75) is 16.3 Å². The van der Waals surface area contributed by atoms with Gasteiger partial charge >= 0.3 is 5.97 Å². The molecule has 0 saturated carbocycles. The molecule has 0 aliphatic carbocycles. The zero-order valence-electron chi connectivity index (χ0n) is 10.3. The summed E-state index contributed by atoms with van der Waals surface area (Å²) in [5.41, 5.74) is 0.601. The summed E-state index contributed by atoms with van der Waals surface area (Å²) in [5.74, 6) is -1.36. The number of carboxylic acids is 1. The highest BCUT2D eigenvalue weighted by Crippen LogP contribution is 2.33. The molecule has 8 heteroatoms. The van der Waals surface area contributed by atoms with Gasteiger partial charge in [-0.1, -0.05) is 29.5 Å². The molecule has 2 aromatic heterocycles. The van der Waals surface area contributed by atoms with Gasteiger partial charge in [-0.3, -0.25) is 0 Å². The van der Waals surface area contributed by atoms with E-state index in [4.69, 9.17) is 5.11 Å². The molecule has 0 spiro atoms. The fourth-order valence-electron chi connectivity index (χ4n) is 1.62. The molecule has 1 N–H and O–H groups in total. The zero-order chi connectivity index (χ0) is 14.1. The summed E-state index contributed by atoms with van der Waals surface area (Å²) in [6.45, 7) is 1.86. The SMILES string of the molecule is Cc1nnc(Sc2nc(C(=O)O)nc3ccccc23)s1. The normalized spacial score (nSPS) is 10.8. The number of hydrogen-bond acceptors (Lipinski definition) is 7. The fraction of sp³-hybridized carbons (Fsp3) is 0.0833. The molecule has 1 aromatic carbocycles. The number of nitrogens with zero attached hydrogens (tertiary/aromatic N) is 4. The number of benzene rings is 1. The van der Waals surface area contributed by atoms with Crippen LogP contribution < -0.4 is 0 Å². The predicted octanol–water partition coefficient (Wildman–Crippen LogP) is 2.64. The Morgan fingerprint density at radius 3 is 2.75 bits per heavy atom. The number of aryl methyl sites for hydroxylation is 1. The van der Waals surface area contributed by atoms with Crippen molar-refractivity contribution in [2.24, 2.45) is 0 Å². The second kappa shape index (κ2) is 5.14. The number of aromatic carboxylic acids is 1. The molecular weight excluding hydrogens is 296 g/mol. The Morgan fingerprint density at radius 1 is 1.25 bits per heavy atom. The van der Waals surface area contributed by atoms with Gasteiger partial charge in [-0.05, 0) is 24.8 Å². The van der Waals surface area contributed by atoms with Gasteiger partial charge in [-0.25, -0.2) is 14.8 Å². The van der Waals surface area contributed by atoms with E-state index in [0.717, 1.165) is 14.7 Å². The fourth-order valence-corrected chi connectivity index (χ4v) is 3.47.